The van der Waals surface area contributed by atoms with Gasteiger partial charge in [0.25, 0.3) is 5.91 Å². The van der Waals surface area contributed by atoms with Gasteiger partial charge in [0.15, 0.2) is 0 Å². The summed E-state index contributed by atoms with van der Waals surface area (Å²) in [5.41, 5.74) is 2.53. The Kier molecular flexibility index (Phi) is 4.88. The molecule has 120 valence electrons. The van der Waals surface area contributed by atoms with Gasteiger partial charge in [-0.2, -0.15) is 0 Å². The first kappa shape index (κ1) is 15.5. The summed E-state index contributed by atoms with van der Waals surface area (Å²) in [4.78, 5) is 16.2. The molecule has 0 atom stereocenters. The van der Waals surface area contributed by atoms with E-state index in [0.717, 1.165) is 37.1 Å². The van der Waals surface area contributed by atoms with Crippen LogP contribution in [-0.2, 0) is 0 Å². The number of rotatable bonds is 4. The van der Waals surface area contributed by atoms with Crippen molar-refractivity contribution < 1.29 is 9.90 Å². The lowest BCUT2D eigenvalue weighted by Crippen LogP contribution is -2.38. The van der Waals surface area contributed by atoms with Crippen molar-refractivity contribution in [1.29, 1.82) is 0 Å². The number of carbonyl (C=O) groups excluding carboxylic acids is 1. The molecule has 1 fully saturated rings. The fraction of sp³-hybridized carbons (Fsp3) is 0.333. The number of hydrogen-bond donors (Lipinski definition) is 3. The molecular formula is C18H21N3O2. The van der Waals surface area contributed by atoms with Gasteiger partial charge in [-0.1, -0.05) is 0 Å². The molecule has 0 radical (unpaired) electrons. The van der Waals surface area contributed by atoms with E-state index in [-0.39, 0.29) is 18.1 Å². The van der Waals surface area contributed by atoms with Gasteiger partial charge < -0.3 is 15.7 Å². The molecule has 1 heterocycles. The predicted molar refractivity (Wildman–Crippen MR) is 89.7 cm³/mol. The van der Waals surface area contributed by atoms with Crippen molar-refractivity contribution in [2.45, 2.75) is 37.8 Å². The van der Waals surface area contributed by atoms with Crippen LogP contribution in [0.4, 0.5) is 11.4 Å². The summed E-state index contributed by atoms with van der Waals surface area (Å²) in [7, 11) is 0. The molecule has 1 aliphatic rings. The molecule has 0 saturated heterocycles. The Bertz CT molecular complexity index is 635. The van der Waals surface area contributed by atoms with Gasteiger partial charge in [-0.3, -0.25) is 9.78 Å². The molecule has 1 amide bonds. The number of benzene rings is 1. The fourth-order valence-corrected chi connectivity index (χ4v) is 2.80. The number of aliphatic hydroxyl groups excluding tert-OH is 1. The normalized spacial score (nSPS) is 20.7. The molecule has 0 aliphatic heterocycles. The second-order valence-electron chi connectivity index (χ2n) is 5.92. The maximum Gasteiger partial charge on any atom is 0.251 e. The largest absolute Gasteiger partial charge is 0.393 e. The van der Waals surface area contributed by atoms with Crippen LogP contribution >= 0.6 is 0 Å². The monoisotopic (exact) mass is 311 g/mol. The van der Waals surface area contributed by atoms with Gasteiger partial charge in [-0.25, -0.2) is 0 Å². The molecule has 2 aromatic rings. The molecule has 5 nitrogen and oxygen atoms in total. The van der Waals surface area contributed by atoms with Crippen LogP contribution in [0.1, 0.15) is 36.0 Å². The van der Waals surface area contributed by atoms with Crippen LogP contribution in [0, 0.1) is 0 Å². The first-order valence-electron chi connectivity index (χ1n) is 7.97. The summed E-state index contributed by atoms with van der Waals surface area (Å²) in [5, 5.41) is 15.8. The second-order valence-corrected chi connectivity index (χ2v) is 5.92. The Morgan fingerprint density at radius 2 is 1.57 bits per heavy atom. The quantitative estimate of drug-likeness (QED) is 0.811. The van der Waals surface area contributed by atoms with Gasteiger partial charge >= 0.3 is 0 Å². The van der Waals surface area contributed by atoms with Crippen LogP contribution in [0.5, 0.6) is 0 Å². The smallest absolute Gasteiger partial charge is 0.251 e. The topological polar surface area (TPSA) is 74.2 Å². The number of carbonyl (C=O) groups is 1. The Balaban J connectivity index is 1.57. The van der Waals surface area contributed by atoms with E-state index in [0.29, 0.717) is 5.56 Å². The molecule has 1 aromatic heterocycles. The van der Waals surface area contributed by atoms with Crippen LogP contribution in [0.25, 0.3) is 0 Å². The van der Waals surface area contributed by atoms with E-state index in [1.54, 1.807) is 12.4 Å². The summed E-state index contributed by atoms with van der Waals surface area (Å²) in [6, 6.07) is 11.4. The summed E-state index contributed by atoms with van der Waals surface area (Å²) < 4.78 is 0. The molecule has 3 N–H and O–H groups in total. The molecular weight excluding hydrogens is 290 g/mol. The van der Waals surface area contributed by atoms with Crippen LogP contribution in [0.3, 0.4) is 0 Å². The number of pyridine rings is 1. The van der Waals surface area contributed by atoms with E-state index < -0.39 is 0 Å². The molecule has 0 bridgehead atoms. The zero-order valence-electron chi connectivity index (χ0n) is 12.9. The molecule has 1 aromatic carbocycles. The van der Waals surface area contributed by atoms with Crippen LogP contribution in [0.2, 0.25) is 0 Å². The van der Waals surface area contributed by atoms with Crippen LogP contribution in [0.15, 0.2) is 48.8 Å². The first-order valence-corrected chi connectivity index (χ1v) is 7.97. The van der Waals surface area contributed by atoms with Gasteiger partial charge in [-0.15, -0.1) is 0 Å². The first-order chi connectivity index (χ1) is 11.2. The highest BCUT2D eigenvalue weighted by molar-refractivity contribution is 5.94. The maximum atomic E-state index is 12.3. The summed E-state index contributed by atoms with van der Waals surface area (Å²) >= 11 is 0. The minimum atomic E-state index is -0.207. The van der Waals surface area contributed by atoms with Crippen molar-refractivity contribution in [2.24, 2.45) is 0 Å². The van der Waals surface area contributed by atoms with Gasteiger partial charge in [-0.05, 0) is 62.1 Å². The van der Waals surface area contributed by atoms with E-state index in [4.69, 9.17) is 0 Å². The van der Waals surface area contributed by atoms with Crippen molar-refractivity contribution in [3.05, 3.63) is 54.4 Å². The standard InChI is InChI=1S/C18H21N3O2/c22-17-7-5-15(6-8-17)21-18(23)13-1-3-14(4-2-13)20-16-9-11-19-12-10-16/h1-4,9-12,15,17,22H,5-8H2,(H,19,20)(H,21,23). The van der Waals surface area contributed by atoms with E-state index in [1.807, 2.05) is 36.4 Å². The van der Waals surface area contributed by atoms with E-state index >= 15 is 0 Å². The number of hydrogen-bond acceptors (Lipinski definition) is 4. The molecule has 0 unspecified atom stereocenters. The van der Waals surface area contributed by atoms with Gasteiger partial charge in [0, 0.05) is 35.4 Å². The number of anilines is 2. The molecule has 5 heteroatoms. The molecule has 0 spiro atoms. The Morgan fingerprint density at radius 3 is 2.22 bits per heavy atom. The number of aliphatic hydroxyl groups is 1. The zero-order chi connectivity index (χ0) is 16.1. The average Bonchev–Trinajstić information content (AvgIpc) is 2.58. The lowest BCUT2D eigenvalue weighted by atomic mass is 9.93. The van der Waals surface area contributed by atoms with Crippen molar-refractivity contribution >= 4 is 17.3 Å². The van der Waals surface area contributed by atoms with Gasteiger partial charge in [0.1, 0.15) is 0 Å². The fourth-order valence-electron chi connectivity index (χ4n) is 2.80. The van der Waals surface area contributed by atoms with Crippen molar-refractivity contribution in [3.8, 4) is 0 Å². The highest BCUT2D eigenvalue weighted by Crippen LogP contribution is 2.19. The summed E-state index contributed by atoms with van der Waals surface area (Å²) in [5.74, 6) is -0.0538. The van der Waals surface area contributed by atoms with Crippen molar-refractivity contribution in [3.63, 3.8) is 0 Å². The molecule has 1 aliphatic carbocycles. The molecule has 1 saturated carbocycles. The predicted octanol–water partition coefficient (Wildman–Crippen LogP) is 2.86. The average molecular weight is 311 g/mol. The van der Waals surface area contributed by atoms with Crippen LogP contribution in [-0.4, -0.2) is 28.1 Å². The number of nitrogens with one attached hydrogen (secondary N) is 2. The SMILES string of the molecule is O=C(NC1CCC(O)CC1)c1ccc(Nc2ccncc2)cc1. The minimum Gasteiger partial charge on any atom is -0.393 e. The van der Waals surface area contributed by atoms with E-state index in [2.05, 4.69) is 15.6 Å². The lowest BCUT2D eigenvalue weighted by molar-refractivity contribution is 0.0867. The maximum absolute atomic E-state index is 12.3. The Hall–Kier alpha value is -2.40. The van der Waals surface area contributed by atoms with Crippen molar-refractivity contribution in [2.75, 3.05) is 5.32 Å². The van der Waals surface area contributed by atoms with Gasteiger partial charge in [0.2, 0.25) is 0 Å². The third-order valence-corrected chi connectivity index (χ3v) is 4.15. The third-order valence-electron chi connectivity index (χ3n) is 4.15. The Morgan fingerprint density at radius 1 is 0.957 bits per heavy atom. The lowest BCUT2D eigenvalue weighted by Gasteiger charge is -2.26. The van der Waals surface area contributed by atoms with Crippen molar-refractivity contribution in [1.82, 2.24) is 10.3 Å². The highest BCUT2D eigenvalue weighted by Gasteiger charge is 2.21. The van der Waals surface area contributed by atoms with E-state index in [9.17, 15) is 9.90 Å². The number of nitrogens with zero attached hydrogens (tertiary/aromatic N) is 1. The van der Waals surface area contributed by atoms with Gasteiger partial charge in [0.05, 0.1) is 6.10 Å². The highest BCUT2D eigenvalue weighted by atomic mass is 16.3. The zero-order valence-corrected chi connectivity index (χ0v) is 12.9. The number of amides is 1. The molecule has 3 rings (SSSR count). The summed E-state index contributed by atoms with van der Waals surface area (Å²) in [6.07, 6.45) is 6.46. The van der Waals surface area contributed by atoms with Crippen LogP contribution < -0.4 is 10.6 Å². The van der Waals surface area contributed by atoms with E-state index in [1.165, 1.54) is 0 Å². The minimum absolute atomic E-state index is 0.0538. The Labute approximate surface area is 135 Å². The number of aromatic nitrogens is 1. The molecule has 23 heavy (non-hydrogen) atoms. The summed E-state index contributed by atoms with van der Waals surface area (Å²) in [6.45, 7) is 0. The third kappa shape index (κ3) is 4.29. The second kappa shape index (κ2) is 7.24.